The van der Waals surface area contributed by atoms with Gasteiger partial charge in [0.15, 0.2) is 0 Å². The summed E-state index contributed by atoms with van der Waals surface area (Å²) >= 11 is 0. The Bertz CT molecular complexity index is 884. The molecule has 26 heavy (non-hydrogen) atoms. The van der Waals surface area contributed by atoms with Crippen molar-refractivity contribution in [1.82, 2.24) is 4.98 Å². The topological polar surface area (TPSA) is 59.1 Å². The van der Waals surface area contributed by atoms with Gasteiger partial charge in [-0.1, -0.05) is 0 Å². The van der Waals surface area contributed by atoms with Crippen molar-refractivity contribution < 1.29 is 34.8 Å². The Morgan fingerprint density at radius 2 is 1.35 bits per heavy atom. The molecule has 0 aliphatic carbocycles. The number of sulfonamides is 1. The minimum Gasteiger partial charge on any atom is -0.263 e. The zero-order valence-corrected chi connectivity index (χ0v) is 14.1. The summed E-state index contributed by atoms with van der Waals surface area (Å²) in [7, 11) is -4.72. The molecular weight excluding hydrogens is 386 g/mol. The number of rotatable bonds is 3. The van der Waals surface area contributed by atoms with Gasteiger partial charge in [-0.25, -0.2) is 13.4 Å². The maximum atomic E-state index is 12.9. The van der Waals surface area contributed by atoms with Crippen LogP contribution in [0.25, 0.3) is 0 Å². The van der Waals surface area contributed by atoms with Gasteiger partial charge < -0.3 is 0 Å². The molecule has 2 aromatic rings. The molecule has 2 rings (SSSR count). The third kappa shape index (κ3) is 4.65. The zero-order chi connectivity index (χ0) is 19.9. The first kappa shape index (κ1) is 20.0. The van der Waals surface area contributed by atoms with E-state index in [4.69, 9.17) is 0 Å². The van der Waals surface area contributed by atoms with E-state index in [9.17, 15) is 34.8 Å². The van der Waals surface area contributed by atoms with Crippen LogP contribution >= 0.6 is 0 Å². The normalized spacial score (nSPS) is 12.9. The molecule has 0 saturated carbocycles. The molecule has 1 aromatic heterocycles. The number of pyridine rings is 1. The number of nitrogens with one attached hydrogen (secondary N) is 1. The zero-order valence-electron chi connectivity index (χ0n) is 13.3. The van der Waals surface area contributed by atoms with Gasteiger partial charge in [0.1, 0.15) is 5.82 Å². The van der Waals surface area contributed by atoms with E-state index in [1.54, 1.807) is 19.9 Å². The summed E-state index contributed by atoms with van der Waals surface area (Å²) in [5.74, 6) is -0.214. The summed E-state index contributed by atoms with van der Waals surface area (Å²) in [5.41, 5.74) is -2.42. The van der Waals surface area contributed by atoms with Gasteiger partial charge in [0.25, 0.3) is 10.0 Å². The fourth-order valence-corrected chi connectivity index (χ4v) is 3.23. The lowest BCUT2D eigenvalue weighted by atomic mass is 10.1. The van der Waals surface area contributed by atoms with Crippen LogP contribution in [0.2, 0.25) is 0 Å². The van der Waals surface area contributed by atoms with Crippen LogP contribution < -0.4 is 4.72 Å². The van der Waals surface area contributed by atoms with Gasteiger partial charge in [0.05, 0.1) is 16.0 Å². The summed E-state index contributed by atoms with van der Waals surface area (Å²) in [6.07, 6.45) is -10.3. The van der Waals surface area contributed by atoms with E-state index in [0.29, 0.717) is 11.3 Å². The van der Waals surface area contributed by atoms with Gasteiger partial charge >= 0.3 is 12.4 Å². The fraction of sp³-hybridized carbons (Fsp3) is 0.267. The SMILES string of the molecule is Cc1cc(C)nc(NS(=O)(=O)c2cc(C(F)(F)F)cc(C(F)(F)F)c2)c1. The minimum absolute atomic E-state index is 0.139. The number of alkyl halides is 6. The highest BCUT2D eigenvalue weighted by molar-refractivity contribution is 7.92. The number of aromatic nitrogens is 1. The van der Waals surface area contributed by atoms with Crippen LogP contribution in [0.3, 0.4) is 0 Å². The second kappa shape index (κ2) is 6.45. The molecular formula is C15H12F6N2O2S. The monoisotopic (exact) mass is 398 g/mol. The summed E-state index contributed by atoms with van der Waals surface area (Å²) in [5, 5.41) is 0. The van der Waals surface area contributed by atoms with Crippen LogP contribution in [0.1, 0.15) is 22.4 Å². The van der Waals surface area contributed by atoms with Crippen molar-refractivity contribution in [2.75, 3.05) is 4.72 Å². The van der Waals surface area contributed by atoms with Crippen molar-refractivity contribution in [3.8, 4) is 0 Å². The van der Waals surface area contributed by atoms with Crippen LogP contribution in [0.4, 0.5) is 32.2 Å². The number of nitrogens with zero attached hydrogens (tertiary/aromatic N) is 1. The molecule has 0 spiro atoms. The summed E-state index contributed by atoms with van der Waals surface area (Å²) < 4.78 is 104. The molecule has 4 nitrogen and oxygen atoms in total. The van der Waals surface area contributed by atoms with Crippen molar-refractivity contribution in [2.45, 2.75) is 31.1 Å². The lowest BCUT2D eigenvalue weighted by Gasteiger charge is -2.15. The first-order chi connectivity index (χ1) is 11.7. The number of benzene rings is 1. The number of hydrogen-bond acceptors (Lipinski definition) is 3. The second-order valence-corrected chi connectivity index (χ2v) is 7.20. The van der Waals surface area contributed by atoms with E-state index in [-0.39, 0.29) is 24.0 Å². The molecule has 0 amide bonds. The quantitative estimate of drug-likeness (QED) is 0.773. The molecule has 0 radical (unpaired) electrons. The Morgan fingerprint density at radius 3 is 1.77 bits per heavy atom. The van der Waals surface area contributed by atoms with Crippen LogP contribution in [0, 0.1) is 13.8 Å². The van der Waals surface area contributed by atoms with Gasteiger partial charge in [-0.15, -0.1) is 0 Å². The third-order valence-electron chi connectivity index (χ3n) is 3.21. The summed E-state index contributed by atoms with van der Waals surface area (Å²) in [6.45, 7) is 3.18. The van der Waals surface area contributed by atoms with E-state index in [0.717, 1.165) is 0 Å². The number of halogens is 6. The summed E-state index contributed by atoms with van der Waals surface area (Å²) in [6, 6.07) is 3.04. The van der Waals surface area contributed by atoms with Crippen LogP contribution in [0.5, 0.6) is 0 Å². The van der Waals surface area contributed by atoms with Crippen molar-refractivity contribution in [3.05, 3.63) is 52.7 Å². The lowest BCUT2D eigenvalue weighted by Crippen LogP contribution is -2.18. The Morgan fingerprint density at radius 1 is 0.846 bits per heavy atom. The predicted molar refractivity (Wildman–Crippen MR) is 81.0 cm³/mol. The second-order valence-electron chi connectivity index (χ2n) is 5.52. The highest BCUT2D eigenvalue weighted by Crippen LogP contribution is 2.37. The first-order valence-electron chi connectivity index (χ1n) is 6.96. The van der Waals surface area contributed by atoms with Crippen molar-refractivity contribution in [2.24, 2.45) is 0 Å². The fourth-order valence-electron chi connectivity index (χ4n) is 2.17. The lowest BCUT2D eigenvalue weighted by molar-refractivity contribution is -0.143. The average Bonchev–Trinajstić information content (AvgIpc) is 2.43. The molecule has 0 aliphatic heterocycles. The maximum Gasteiger partial charge on any atom is 0.416 e. The van der Waals surface area contributed by atoms with Gasteiger partial charge in [0.2, 0.25) is 0 Å². The molecule has 0 unspecified atom stereocenters. The van der Waals surface area contributed by atoms with Gasteiger partial charge in [-0.3, -0.25) is 4.72 Å². The minimum atomic E-state index is -5.15. The van der Waals surface area contributed by atoms with E-state index in [1.807, 2.05) is 4.72 Å². The Labute approximate surface area is 144 Å². The predicted octanol–water partition coefficient (Wildman–Crippen LogP) is 4.54. The highest BCUT2D eigenvalue weighted by atomic mass is 32.2. The van der Waals surface area contributed by atoms with Crippen molar-refractivity contribution in [1.29, 1.82) is 0 Å². The standard InChI is InChI=1S/C15H12F6N2O2S/c1-8-3-9(2)22-13(4-8)23-26(24,25)12-6-10(14(16,17)18)5-11(7-12)15(19,20)21/h3-7H,1-2H3,(H,22,23). The Hall–Kier alpha value is -2.30. The molecule has 1 N–H and O–H groups in total. The molecule has 0 atom stereocenters. The van der Waals surface area contributed by atoms with Gasteiger partial charge in [-0.05, 0) is 49.7 Å². The first-order valence-corrected chi connectivity index (χ1v) is 8.44. The number of hydrogen-bond donors (Lipinski definition) is 1. The molecule has 0 saturated heterocycles. The molecule has 11 heteroatoms. The molecule has 1 aromatic carbocycles. The number of aryl methyl sites for hydroxylation is 2. The Balaban J connectivity index is 2.57. The molecule has 1 heterocycles. The van der Waals surface area contributed by atoms with E-state index < -0.39 is 38.4 Å². The molecule has 0 bridgehead atoms. The van der Waals surface area contributed by atoms with Crippen LogP contribution in [-0.4, -0.2) is 13.4 Å². The van der Waals surface area contributed by atoms with Crippen LogP contribution in [0.15, 0.2) is 35.2 Å². The van der Waals surface area contributed by atoms with Gasteiger partial charge in [-0.2, -0.15) is 26.3 Å². The van der Waals surface area contributed by atoms with E-state index >= 15 is 0 Å². The van der Waals surface area contributed by atoms with Crippen LogP contribution in [-0.2, 0) is 22.4 Å². The molecule has 0 fully saturated rings. The largest absolute Gasteiger partial charge is 0.416 e. The number of anilines is 1. The van der Waals surface area contributed by atoms with Crippen molar-refractivity contribution >= 4 is 15.8 Å². The smallest absolute Gasteiger partial charge is 0.263 e. The van der Waals surface area contributed by atoms with Gasteiger partial charge in [0, 0.05) is 5.69 Å². The third-order valence-corrected chi connectivity index (χ3v) is 4.54. The summed E-state index contributed by atoms with van der Waals surface area (Å²) in [4.78, 5) is 2.69. The molecule has 0 aliphatic rings. The Kier molecular flexibility index (Phi) is 4.97. The maximum absolute atomic E-state index is 12.9. The highest BCUT2D eigenvalue weighted by Gasteiger charge is 2.38. The van der Waals surface area contributed by atoms with Crippen molar-refractivity contribution in [3.63, 3.8) is 0 Å². The van der Waals surface area contributed by atoms with E-state index in [2.05, 4.69) is 4.98 Å². The molecule has 142 valence electrons. The average molecular weight is 398 g/mol. The van der Waals surface area contributed by atoms with E-state index in [1.165, 1.54) is 6.07 Å².